The van der Waals surface area contributed by atoms with E-state index < -0.39 is 5.92 Å². The fraction of sp³-hybridized carbons (Fsp3) is 0.292. The Bertz CT molecular complexity index is 1210. The summed E-state index contributed by atoms with van der Waals surface area (Å²) in [5.74, 6) is 2.40. The van der Waals surface area contributed by atoms with E-state index in [9.17, 15) is 9.59 Å². The second-order valence-corrected chi connectivity index (χ2v) is 9.10. The van der Waals surface area contributed by atoms with Crippen LogP contribution in [-0.2, 0) is 21.1 Å². The van der Waals surface area contributed by atoms with Gasteiger partial charge in [0.05, 0.1) is 24.4 Å². The molecule has 164 valence electrons. The van der Waals surface area contributed by atoms with Gasteiger partial charge in [0.1, 0.15) is 11.6 Å². The third kappa shape index (κ3) is 3.75. The Morgan fingerprint density at radius 2 is 1.97 bits per heavy atom. The molecule has 32 heavy (non-hydrogen) atoms. The van der Waals surface area contributed by atoms with Crippen LogP contribution in [0.5, 0.6) is 5.75 Å². The standard InChI is InChI=1S/C24H24N4O3S/c1-15-5-3-7-18(9-15)28-23(20-13-32-14-21(20)26-28)25-24(30)16-10-22(29)27(12-16)17-6-4-8-19(11-17)31-2/h3-9,11,16H,10,12-14H2,1-2H3,(H,25,30). The van der Waals surface area contributed by atoms with Crippen LogP contribution in [0.3, 0.4) is 0 Å². The van der Waals surface area contributed by atoms with E-state index >= 15 is 0 Å². The van der Waals surface area contributed by atoms with Crippen molar-refractivity contribution in [2.24, 2.45) is 5.92 Å². The number of carbonyl (C=O) groups excluding carboxylic acids is 2. The quantitative estimate of drug-likeness (QED) is 0.640. The monoisotopic (exact) mass is 448 g/mol. The summed E-state index contributed by atoms with van der Waals surface area (Å²) in [7, 11) is 1.59. The van der Waals surface area contributed by atoms with Gasteiger partial charge in [0.15, 0.2) is 0 Å². The third-order valence-electron chi connectivity index (χ3n) is 5.90. The lowest BCUT2D eigenvalue weighted by molar-refractivity contribution is -0.122. The molecular formula is C24H24N4O3S. The van der Waals surface area contributed by atoms with Crippen LogP contribution in [0.25, 0.3) is 5.69 Å². The Kier molecular flexibility index (Phi) is 5.38. The van der Waals surface area contributed by atoms with Gasteiger partial charge in [-0.15, -0.1) is 0 Å². The highest BCUT2D eigenvalue weighted by molar-refractivity contribution is 7.98. The van der Waals surface area contributed by atoms with Crippen LogP contribution >= 0.6 is 11.8 Å². The maximum absolute atomic E-state index is 13.2. The van der Waals surface area contributed by atoms with Crippen molar-refractivity contribution in [2.75, 3.05) is 23.9 Å². The Morgan fingerprint density at radius 1 is 1.16 bits per heavy atom. The largest absolute Gasteiger partial charge is 0.497 e. The predicted molar refractivity (Wildman–Crippen MR) is 125 cm³/mol. The average molecular weight is 449 g/mol. The number of amides is 2. The maximum atomic E-state index is 13.2. The van der Waals surface area contributed by atoms with Gasteiger partial charge in [-0.3, -0.25) is 9.59 Å². The highest BCUT2D eigenvalue weighted by Crippen LogP contribution is 2.37. The number of hydrogen-bond donors (Lipinski definition) is 1. The molecule has 1 fully saturated rings. The van der Waals surface area contributed by atoms with Gasteiger partial charge in [0, 0.05) is 41.8 Å². The summed E-state index contributed by atoms with van der Waals surface area (Å²) in [4.78, 5) is 27.6. The number of nitrogens with zero attached hydrogens (tertiary/aromatic N) is 3. The van der Waals surface area contributed by atoms with Crippen LogP contribution in [0.4, 0.5) is 11.5 Å². The zero-order valence-corrected chi connectivity index (χ0v) is 18.8. The average Bonchev–Trinajstić information content (AvgIpc) is 3.49. The van der Waals surface area contributed by atoms with E-state index in [1.807, 2.05) is 54.1 Å². The highest BCUT2D eigenvalue weighted by atomic mass is 32.2. The normalized spacial score (nSPS) is 17.5. The smallest absolute Gasteiger partial charge is 0.230 e. The molecule has 2 aromatic carbocycles. The molecule has 1 aromatic heterocycles. The van der Waals surface area contributed by atoms with Crippen LogP contribution in [-0.4, -0.2) is 35.2 Å². The molecule has 5 rings (SSSR count). The second kappa shape index (κ2) is 8.35. The number of fused-ring (bicyclic) bond motifs is 1. The lowest BCUT2D eigenvalue weighted by Gasteiger charge is -2.18. The summed E-state index contributed by atoms with van der Waals surface area (Å²) in [5, 5.41) is 7.88. The van der Waals surface area contributed by atoms with Crippen LogP contribution in [0.1, 0.15) is 23.2 Å². The molecule has 0 radical (unpaired) electrons. The molecule has 3 heterocycles. The molecule has 0 bridgehead atoms. The first-order valence-corrected chi connectivity index (χ1v) is 11.7. The first-order valence-electron chi connectivity index (χ1n) is 10.5. The highest BCUT2D eigenvalue weighted by Gasteiger charge is 2.36. The minimum atomic E-state index is -0.431. The second-order valence-electron chi connectivity index (χ2n) is 8.11. The number of carbonyl (C=O) groups is 2. The summed E-state index contributed by atoms with van der Waals surface area (Å²) >= 11 is 1.79. The summed E-state index contributed by atoms with van der Waals surface area (Å²) in [6, 6.07) is 15.4. The van der Waals surface area contributed by atoms with E-state index in [2.05, 4.69) is 11.4 Å². The molecule has 0 saturated carbocycles. The summed E-state index contributed by atoms with van der Waals surface area (Å²) in [6.07, 6.45) is 0.179. The fourth-order valence-electron chi connectivity index (χ4n) is 4.22. The number of methoxy groups -OCH3 is 1. The molecular weight excluding hydrogens is 424 g/mol. The molecule has 8 heteroatoms. The number of rotatable bonds is 5. The van der Waals surface area contributed by atoms with Gasteiger partial charge in [0.2, 0.25) is 11.8 Å². The number of anilines is 2. The zero-order chi connectivity index (χ0) is 22.2. The molecule has 1 N–H and O–H groups in total. The molecule has 1 atom stereocenters. The Morgan fingerprint density at radius 3 is 2.78 bits per heavy atom. The minimum absolute atomic E-state index is 0.0635. The fourth-order valence-corrected chi connectivity index (χ4v) is 5.25. The van der Waals surface area contributed by atoms with Gasteiger partial charge in [-0.05, 0) is 36.8 Å². The number of ether oxygens (including phenoxy) is 1. The number of hydrogen-bond acceptors (Lipinski definition) is 5. The molecule has 3 aromatic rings. The van der Waals surface area contributed by atoms with Crippen LogP contribution in [0.15, 0.2) is 48.5 Å². The van der Waals surface area contributed by atoms with E-state index in [1.54, 1.807) is 23.8 Å². The molecule has 2 aliphatic heterocycles. The summed E-state index contributed by atoms with van der Waals surface area (Å²) in [5.41, 5.74) is 4.86. The van der Waals surface area contributed by atoms with Crippen molar-refractivity contribution in [3.05, 3.63) is 65.4 Å². The van der Waals surface area contributed by atoms with Gasteiger partial charge in [0.25, 0.3) is 0 Å². The molecule has 0 spiro atoms. The van der Waals surface area contributed by atoms with Crippen molar-refractivity contribution in [2.45, 2.75) is 24.9 Å². The van der Waals surface area contributed by atoms with E-state index in [0.717, 1.165) is 39.7 Å². The first kappa shape index (κ1) is 20.6. The molecule has 7 nitrogen and oxygen atoms in total. The van der Waals surface area contributed by atoms with E-state index in [-0.39, 0.29) is 18.2 Å². The van der Waals surface area contributed by atoms with Gasteiger partial charge in [-0.25, -0.2) is 4.68 Å². The van der Waals surface area contributed by atoms with Gasteiger partial charge < -0.3 is 15.0 Å². The maximum Gasteiger partial charge on any atom is 0.230 e. The van der Waals surface area contributed by atoms with Crippen molar-refractivity contribution >= 4 is 35.1 Å². The summed E-state index contributed by atoms with van der Waals surface area (Å²) in [6.45, 7) is 2.37. The number of nitrogens with one attached hydrogen (secondary N) is 1. The van der Waals surface area contributed by atoms with Crippen molar-refractivity contribution < 1.29 is 14.3 Å². The predicted octanol–water partition coefficient (Wildman–Crippen LogP) is 3.93. The number of benzene rings is 2. The molecule has 0 aliphatic carbocycles. The summed E-state index contributed by atoms with van der Waals surface area (Å²) < 4.78 is 7.10. The first-order chi connectivity index (χ1) is 15.5. The van der Waals surface area contributed by atoms with E-state index in [1.165, 1.54) is 0 Å². The SMILES string of the molecule is COc1cccc(N2CC(C(=O)Nc3c4c(nn3-c3cccc(C)c3)CSC4)CC2=O)c1. The van der Waals surface area contributed by atoms with Gasteiger partial charge in [-0.1, -0.05) is 18.2 Å². The molecule has 1 unspecified atom stereocenters. The minimum Gasteiger partial charge on any atom is -0.497 e. The number of thioether (sulfide) groups is 1. The lowest BCUT2D eigenvalue weighted by atomic mass is 10.1. The Balaban J connectivity index is 1.39. The topological polar surface area (TPSA) is 76.5 Å². The van der Waals surface area contributed by atoms with Crippen LogP contribution in [0.2, 0.25) is 0 Å². The van der Waals surface area contributed by atoms with Crippen molar-refractivity contribution in [3.8, 4) is 11.4 Å². The number of aryl methyl sites for hydroxylation is 1. The number of aromatic nitrogens is 2. The van der Waals surface area contributed by atoms with E-state index in [0.29, 0.717) is 18.1 Å². The van der Waals surface area contributed by atoms with Crippen molar-refractivity contribution in [3.63, 3.8) is 0 Å². The molecule has 1 saturated heterocycles. The van der Waals surface area contributed by atoms with Crippen molar-refractivity contribution in [1.29, 1.82) is 0 Å². The van der Waals surface area contributed by atoms with Crippen LogP contribution < -0.4 is 15.0 Å². The third-order valence-corrected chi connectivity index (χ3v) is 6.87. The van der Waals surface area contributed by atoms with Gasteiger partial charge in [-0.2, -0.15) is 16.9 Å². The Hall–Kier alpha value is -3.26. The van der Waals surface area contributed by atoms with Crippen LogP contribution in [0, 0.1) is 12.8 Å². The Labute approximate surface area is 190 Å². The van der Waals surface area contributed by atoms with Crippen molar-refractivity contribution in [1.82, 2.24) is 9.78 Å². The van der Waals surface area contributed by atoms with Gasteiger partial charge >= 0.3 is 0 Å². The molecule has 2 amide bonds. The zero-order valence-electron chi connectivity index (χ0n) is 18.0. The van der Waals surface area contributed by atoms with E-state index in [4.69, 9.17) is 9.84 Å². The lowest BCUT2D eigenvalue weighted by Crippen LogP contribution is -2.29. The molecule has 2 aliphatic rings.